The zero-order valence-electron chi connectivity index (χ0n) is 9.03. The van der Waals surface area contributed by atoms with Crippen molar-refractivity contribution in [2.45, 2.75) is 20.0 Å². The molecule has 0 aliphatic carbocycles. The van der Waals surface area contributed by atoms with Crippen LogP contribution in [0.15, 0.2) is 39.5 Å². The Kier molecular flexibility index (Phi) is 3.74. The van der Waals surface area contributed by atoms with Crippen molar-refractivity contribution in [3.05, 3.63) is 51.8 Å². The molecule has 0 bridgehead atoms. The standard InChI is InChI=1S/C12H13BrN2O/c1-9-6-10(2-3-12(9)13)7-14-8-11-4-5-15-16-11/h2-6,14H,7-8H2,1H3. The number of hydrogen-bond donors (Lipinski definition) is 1. The highest BCUT2D eigenvalue weighted by Crippen LogP contribution is 2.16. The van der Waals surface area contributed by atoms with E-state index in [4.69, 9.17) is 4.52 Å². The highest BCUT2D eigenvalue weighted by molar-refractivity contribution is 9.10. The molecule has 0 fully saturated rings. The van der Waals surface area contributed by atoms with Gasteiger partial charge in [0.15, 0.2) is 0 Å². The van der Waals surface area contributed by atoms with Gasteiger partial charge in [-0.2, -0.15) is 0 Å². The Hall–Kier alpha value is -1.13. The van der Waals surface area contributed by atoms with Gasteiger partial charge in [-0.15, -0.1) is 0 Å². The van der Waals surface area contributed by atoms with Gasteiger partial charge < -0.3 is 9.84 Å². The maximum absolute atomic E-state index is 4.99. The summed E-state index contributed by atoms with van der Waals surface area (Å²) in [4.78, 5) is 0. The molecule has 1 heterocycles. The summed E-state index contributed by atoms with van der Waals surface area (Å²) in [5.41, 5.74) is 2.51. The van der Waals surface area contributed by atoms with Gasteiger partial charge in [-0.25, -0.2) is 0 Å². The van der Waals surface area contributed by atoms with Crippen LogP contribution in [0.3, 0.4) is 0 Å². The minimum absolute atomic E-state index is 0.703. The molecular formula is C12H13BrN2O. The molecule has 1 aromatic carbocycles. The van der Waals surface area contributed by atoms with Crippen molar-refractivity contribution in [2.75, 3.05) is 0 Å². The molecule has 4 heteroatoms. The lowest BCUT2D eigenvalue weighted by molar-refractivity contribution is 0.373. The number of halogens is 1. The highest BCUT2D eigenvalue weighted by atomic mass is 79.9. The zero-order chi connectivity index (χ0) is 11.4. The molecule has 0 atom stereocenters. The predicted octanol–water partition coefficient (Wildman–Crippen LogP) is 3.04. The predicted molar refractivity (Wildman–Crippen MR) is 65.9 cm³/mol. The second-order valence-corrected chi connectivity index (χ2v) is 4.52. The molecule has 0 spiro atoms. The van der Waals surface area contributed by atoms with Gasteiger partial charge in [0.25, 0.3) is 0 Å². The molecule has 0 saturated carbocycles. The molecule has 0 aliphatic rings. The van der Waals surface area contributed by atoms with Crippen LogP contribution >= 0.6 is 15.9 Å². The summed E-state index contributed by atoms with van der Waals surface area (Å²) in [5.74, 6) is 0.855. The van der Waals surface area contributed by atoms with E-state index in [9.17, 15) is 0 Å². The number of aromatic nitrogens is 1. The zero-order valence-corrected chi connectivity index (χ0v) is 10.6. The maximum atomic E-state index is 4.99. The average molecular weight is 281 g/mol. The van der Waals surface area contributed by atoms with E-state index < -0.39 is 0 Å². The normalized spacial score (nSPS) is 10.6. The number of rotatable bonds is 4. The van der Waals surface area contributed by atoms with Gasteiger partial charge in [0.05, 0.1) is 12.7 Å². The lowest BCUT2D eigenvalue weighted by Gasteiger charge is -2.05. The second kappa shape index (κ2) is 5.27. The highest BCUT2D eigenvalue weighted by Gasteiger charge is 1.99. The van der Waals surface area contributed by atoms with Crippen molar-refractivity contribution in [1.82, 2.24) is 10.5 Å². The summed E-state index contributed by atoms with van der Waals surface area (Å²) in [6, 6.07) is 8.20. The lowest BCUT2D eigenvalue weighted by Crippen LogP contribution is -2.12. The Balaban J connectivity index is 1.87. The summed E-state index contributed by atoms with van der Waals surface area (Å²) in [5, 5.41) is 6.95. The van der Waals surface area contributed by atoms with Crippen LogP contribution in [0.25, 0.3) is 0 Å². The second-order valence-electron chi connectivity index (χ2n) is 3.67. The summed E-state index contributed by atoms with van der Waals surface area (Å²) < 4.78 is 6.14. The van der Waals surface area contributed by atoms with Gasteiger partial charge in [-0.3, -0.25) is 0 Å². The van der Waals surface area contributed by atoms with E-state index in [0.717, 1.165) is 16.8 Å². The van der Waals surface area contributed by atoms with E-state index in [1.807, 2.05) is 6.07 Å². The Bertz CT molecular complexity index is 454. The van der Waals surface area contributed by atoms with Crippen LogP contribution in [0.5, 0.6) is 0 Å². The number of nitrogens with zero attached hydrogens (tertiary/aromatic N) is 1. The number of nitrogens with one attached hydrogen (secondary N) is 1. The topological polar surface area (TPSA) is 38.1 Å². The Labute approximate surface area is 103 Å². The maximum Gasteiger partial charge on any atom is 0.150 e. The van der Waals surface area contributed by atoms with Crippen LogP contribution in [0, 0.1) is 6.92 Å². The first kappa shape index (κ1) is 11.4. The lowest BCUT2D eigenvalue weighted by atomic mass is 10.1. The van der Waals surface area contributed by atoms with E-state index in [1.54, 1.807) is 6.20 Å². The van der Waals surface area contributed by atoms with Crippen molar-refractivity contribution in [1.29, 1.82) is 0 Å². The largest absolute Gasteiger partial charge is 0.360 e. The monoisotopic (exact) mass is 280 g/mol. The van der Waals surface area contributed by atoms with Gasteiger partial charge in [0.1, 0.15) is 5.76 Å². The molecule has 16 heavy (non-hydrogen) atoms. The molecule has 84 valence electrons. The van der Waals surface area contributed by atoms with Crippen LogP contribution in [-0.2, 0) is 13.1 Å². The third-order valence-electron chi connectivity index (χ3n) is 2.34. The van der Waals surface area contributed by atoms with Gasteiger partial charge in [-0.1, -0.05) is 33.2 Å². The third kappa shape index (κ3) is 2.93. The van der Waals surface area contributed by atoms with Gasteiger partial charge in [-0.05, 0) is 24.1 Å². The van der Waals surface area contributed by atoms with Crippen molar-refractivity contribution >= 4 is 15.9 Å². The number of benzene rings is 1. The fourth-order valence-corrected chi connectivity index (χ4v) is 1.73. The molecule has 0 radical (unpaired) electrons. The van der Waals surface area contributed by atoms with Gasteiger partial charge in [0.2, 0.25) is 0 Å². The fourth-order valence-electron chi connectivity index (χ4n) is 1.48. The van der Waals surface area contributed by atoms with E-state index >= 15 is 0 Å². The quantitative estimate of drug-likeness (QED) is 0.936. The molecule has 1 N–H and O–H groups in total. The number of aryl methyl sites for hydroxylation is 1. The van der Waals surface area contributed by atoms with Gasteiger partial charge in [0, 0.05) is 17.1 Å². The van der Waals surface area contributed by atoms with Crippen LogP contribution in [0.2, 0.25) is 0 Å². The SMILES string of the molecule is Cc1cc(CNCc2ccno2)ccc1Br. The molecule has 0 aliphatic heterocycles. The Morgan fingerprint density at radius 3 is 2.88 bits per heavy atom. The van der Waals surface area contributed by atoms with Gasteiger partial charge >= 0.3 is 0 Å². The van der Waals surface area contributed by atoms with Crippen LogP contribution in [-0.4, -0.2) is 5.16 Å². The van der Waals surface area contributed by atoms with E-state index in [2.05, 4.69) is 51.5 Å². The fraction of sp³-hybridized carbons (Fsp3) is 0.250. The van der Waals surface area contributed by atoms with Crippen LogP contribution in [0.1, 0.15) is 16.9 Å². The van der Waals surface area contributed by atoms with Crippen molar-refractivity contribution in [2.24, 2.45) is 0 Å². The first-order chi connectivity index (χ1) is 7.75. The molecule has 2 rings (SSSR count). The molecule has 0 saturated heterocycles. The Morgan fingerprint density at radius 1 is 1.31 bits per heavy atom. The molecule has 1 aromatic heterocycles. The molecule has 2 aromatic rings. The average Bonchev–Trinajstić information content (AvgIpc) is 2.76. The third-order valence-corrected chi connectivity index (χ3v) is 3.23. The first-order valence-electron chi connectivity index (χ1n) is 5.11. The van der Waals surface area contributed by atoms with E-state index in [1.165, 1.54) is 11.1 Å². The van der Waals surface area contributed by atoms with E-state index in [-0.39, 0.29) is 0 Å². The summed E-state index contributed by atoms with van der Waals surface area (Å²) in [6.07, 6.45) is 1.65. The van der Waals surface area contributed by atoms with Crippen LogP contribution in [0.4, 0.5) is 0 Å². The summed E-state index contributed by atoms with van der Waals surface area (Å²) in [7, 11) is 0. The van der Waals surface area contributed by atoms with Crippen molar-refractivity contribution in [3.63, 3.8) is 0 Å². The minimum atomic E-state index is 0.703. The summed E-state index contributed by atoms with van der Waals surface area (Å²) >= 11 is 3.49. The summed E-state index contributed by atoms with van der Waals surface area (Å²) in [6.45, 7) is 3.62. The Morgan fingerprint density at radius 2 is 2.19 bits per heavy atom. The molecule has 3 nitrogen and oxygen atoms in total. The molecule has 0 amide bonds. The number of hydrogen-bond acceptors (Lipinski definition) is 3. The van der Waals surface area contributed by atoms with E-state index in [0.29, 0.717) is 6.54 Å². The van der Waals surface area contributed by atoms with Crippen molar-refractivity contribution in [3.8, 4) is 0 Å². The minimum Gasteiger partial charge on any atom is -0.360 e. The molecular weight excluding hydrogens is 268 g/mol. The first-order valence-corrected chi connectivity index (χ1v) is 5.90. The van der Waals surface area contributed by atoms with Crippen LogP contribution < -0.4 is 5.32 Å². The smallest absolute Gasteiger partial charge is 0.150 e. The van der Waals surface area contributed by atoms with Crippen molar-refractivity contribution < 1.29 is 4.52 Å². The molecule has 0 unspecified atom stereocenters.